The highest BCUT2D eigenvalue weighted by Crippen LogP contribution is 2.47. The van der Waals surface area contributed by atoms with Gasteiger partial charge in [-0.1, -0.05) is 0 Å². The highest BCUT2D eigenvalue weighted by molar-refractivity contribution is 5.57. The molecule has 0 radical (unpaired) electrons. The minimum Gasteiger partial charge on any atom is -0.479 e. The lowest BCUT2D eigenvalue weighted by molar-refractivity contribution is -0.274. The van der Waals surface area contributed by atoms with Crippen molar-refractivity contribution in [3.8, 4) is 11.5 Å². The van der Waals surface area contributed by atoms with Gasteiger partial charge >= 0.3 is 6.36 Å². The van der Waals surface area contributed by atoms with Crippen LogP contribution in [0.5, 0.6) is 11.5 Å². The molecule has 0 aliphatic carbocycles. The van der Waals surface area contributed by atoms with Gasteiger partial charge in [-0.3, -0.25) is 0 Å². The minimum absolute atomic E-state index is 0.0317. The number of rotatable bonds is 8. The van der Waals surface area contributed by atoms with Crippen molar-refractivity contribution in [2.24, 2.45) is 7.05 Å². The highest BCUT2D eigenvalue weighted by atomic mass is 19.4. The number of nitrogens with zero attached hydrogens (tertiary/aromatic N) is 5. The van der Waals surface area contributed by atoms with Crippen molar-refractivity contribution in [2.75, 3.05) is 24.9 Å². The Balaban J connectivity index is 1.85. The largest absolute Gasteiger partial charge is 0.573 e. The lowest BCUT2D eigenvalue weighted by Crippen LogP contribution is -2.62. The lowest BCUT2D eigenvalue weighted by Gasteiger charge is -2.49. The van der Waals surface area contributed by atoms with E-state index in [1.54, 1.807) is 37.1 Å². The van der Waals surface area contributed by atoms with E-state index in [1.807, 2.05) is 0 Å². The maximum Gasteiger partial charge on any atom is 0.573 e. The molecule has 2 heterocycles. The van der Waals surface area contributed by atoms with Crippen LogP contribution in [-0.2, 0) is 23.1 Å². The zero-order valence-electron chi connectivity index (χ0n) is 20.5. The zero-order valence-corrected chi connectivity index (χ0v) is 20.5. The minimum atomic E-state index is -4.84. The maximum atomic E-state index is 12.7. The van der Waals surface area contributed by atoms with Gasteiger partial charge in [0.05, 0.1) is 19.6 Å². The Hall–Kier alpha value is -3.62. The molecule has 11 nitrogen and oxygen atoms in total. The first-order chi connectivity index (χ1) is 17.4. The molecule has 1 aliphatic rings. The molecule has 0 saturated heterocycles. The van der Waals surface area contributed by atoms with E-state index >= 15 is 0 Å². The molecular weight excluding hydrogens is 497 g/mol. The summed E-state index contributed by atoms with van der Waals surface area (Å²) in [6.45, 7) is 1.67. The van der Waals surface area contributed by atoms with Crippen molar-refractivity contribution in [2.45, 2.75) is 43.9 Å². The summed E-state index contributed by atoms with van der Waals surface area (Å²) in [6.07, 6.45) is -7.10. The molecular formula is C23H27F3N6O5. The normalized spacial score (nSPS) is 21.4. The Kier molecular flexibility index (Phi) is 7.17. The first-order valence-electron chi connectivity index (χ1n) is 11.1. The second-order valence-corrected chi connectivity index (χ2v) is 8.64. The van der Waals surface area contributed by atoms with Gasteiger partial charge in [-0.25, -0.2) is 0 Å². The van der Waals surface area contributed by atoms with Crippen LogP contribution in [0.3, 0.4) is 0 Å². The average Bonchev–Trinajstić information content (AvgIpc) is 3.24. The molecule has 2 aromatic carbocycles. The van der Waals surface area contributed by atoms with Crippen LogP contribution >= 0.6 is 0 Å². The van der Waals surface area contributed by atoms with E-state index in [0.29, 0.717) is 28.5 Å². The second kappa shape index (κ2) is 10.0. The van der Waals surface area contributed by atoms with Gasteiger partial charge in [0.1, 0.15) is 17.6 Å². The Morgan fingerprint density at radius 1 is 1.19 bits per heavy atom. The standard InChI is InChI=1S/C23H27F3N6O5/c1-22(21(34-3)35-4)20(33)19(16-11-13(27)5-10-17(16)37-22)32(12-18-28-30-31(2)29-18)14-6-8-15(9-7-14)36-23(24,25)26/h5-11,19-21,33H,12,27H2,1-4H3/t19-,20+,22-/m0/s1. The van der Waals surface area contributed by atoms with Gasteiger partial charge in [-0.2, -0.15) is 4.80 Å². The number of ether oxygens (including phenoxy) is 4. The first-order valence-corrected chi connectivity index (χ1v) is 11.1. The molecule has 0 saturated carbocycles. The number of aryl methyl sites for hydroxylation is 1. The number of tetrazole rings is 1. The molecule has 0 amide bonds. The van der Waals surface area contributed by atoms with Crippen LogP contribution in [0.25, 0.3) is 0 Å². The molecule has 3 N–H and O–H groups in total. The summed E-state index contributed by atoms with van der Waals surface area (Å²) in [5.74, 6) is 0.328. The van der Waals surface area contributed by atoms with Crippen molar-refractivity contribution in [1.82, 2.24) is 20.2 Å². The van der Waals surface area contributed by atoms with E-state index < -0.39 is 36.1 Å². The Bertz CT molecular complexity index is 1220. The van der Waals surface area contributed by atoms with Gasteiger partial charge in [0.2, 0.25) is 0 Å². The topological polar surface area (TPSA) is 130 Å². The summed E-state index contributed by atoms with van der Waals surface area (Å²) in [5, 5.41) is 23.9. The van der Waals surface area contributed by atoms with E-state index in [9.17, 15) is 18.3 Å². The maximum absolute atomic E-state index is 12.7. The van der Waals surface area contributed by atoms with Gasteiger partial charge in [-0.15, -0.1) is 23.4 Å². The number of methoxy groups -OCH3 is 2. The number of nitrogens with two attached hydrogens (primary N) is 1. The number of anilines is 2. The number of aliphatic hydroxyl groups excluding tert-OH is 1. The molecule has 3 atom stereocenters. The second-order valence-electron chi connectivity index (χ2n) is 8.64. The summed E-state index contributed by atoms with van der Waals surface area (Å²) < 4.78 is 59.3. The average molecular weight is 525 g/mol. The van der Waals surface area contributed by atoms with Crippen molar-refractivity contribution in [3.05, 3.63) is 53.9 Å². The highest BCUT2D eigenvalue weighted by Gasteiger charge is 2.54. The molecule has 14 heteroatoms. The van der Waals surface area contributed by atoms with Gasteiger partial charge in [0, 0.05) is 31.2 Å². The fourth-order valence-corrected chi connectivity index (χ4v) is 4.49. The third kappa shape index (κ3) is 5.40. The number of hydrogen-bond donors (Lipinski definition) is 2. The summed E-state index contributed by atoms with van der Waals surface area (Å²) in [5.41, 5.74) is 6.08. The number of fused-ring (bicyclic) bond motifs is 1. The number of aromatic nitrogens is 4. The monoisotopic (exact) mass is 524 g/mol. The van der Waals surface area contributed by atoms with Crippen molar-refractivity contribution in [3.63, 3.8) is 0 Å². The SMILES string of the molecule is COC(OC)[C@@]1(C)Oc2ccc(N)cc2[C@H](N(Cc2nnn(C)n2)c2ccc(OC(F)(F)F)cc2)[C@H]1O. The number of nitrogen functional groups attached to an aromatic ring is 1. The van der Waals surface area contributed by atoms with Crippen LogP contribution in [0.1, 0.15) is 24.4 Å². The molecule has 0 bridgehead atoms. The summed E-state index contributed by atoms with van der Waals surface area (Å²) in [6, 6.07) is 9.37. The first kappa shape index (κ1) is 26.4. The Labute approximate surface area is 210 Å². The lowest BCUT2D eigenvalue weighted by atomic mass is 9.83. The van der Waals surface area contributed by atoms with Crippen LogP contribution in [-0.4, -0.2) is 63.9 Å². The van der Waals surface area contributed by atoms with Crippen LogP contribution in [0.4, 0.5) is 24.5 Å². The number of hydrogen-bond acceptors (Lipinski definition) is 10. The van der Waals surface area contributed by atoms with Crippen LogP contribution in [0, 0.1) is 0 Å². The van der Waals surface area contributed by atoms with Crippen LogP contribution < -0.4 is 20.1 Å². The fourth-order valence-electron chi connectivity index (χ4n) is 4.49. The van der Waals surface area contributed by atoms with Gasteiger partial charge in [0.25, 0.3) is 0 Å². The van der Waals surface area contributed by atoms with Crippen molar-refractivity contribution >= 4 is 11.4 Å². The molecule has 4 rings (SSSR count). The molecule has 1 aromatic heterocycles. The third-order valence-electron chi connectivity index (χ3n) is 6.06. The number of benzene rings is 2. The molecule has 1 aliphatic heterocycles. The van der Waals surface area contributed by atoms with E-state index in [4.69, 9.17) is 19.9 Å². The molecule has 200 valence electrons. The summed E-state index contributed by atoms with van der Waals surface area (Å²) in [4.78, 5) is 3.00. The van der Waals surface area contributed by atoms with E-state index in [-0.39, 0.29) is 6.54 Å². The Morgan fingerprint density at radius 2 is 1.86 bits per heavy atom. The number of aliphatic hydroxyl groups is 1. The molecule has 37 heavy (non-hydrogen) atoms. The summed E-state index contributed by atoms with van der Waals surface area (Å²) in [7, 11) is 4.44. The van der Waals surface area contributed by atoms with E-state index in [1.165, 1.54) is 43.3 Å². The van der Waals surface area contributed by atoms with Crippen molar-refractivity contribution in [1.29, 1.82) is 0 Å². The van der Waals surface area contributed by atoms with E-state index in [0.717, 1.165) is 0 Å². The quantitative estimate of drug-likeness (QED) is 0.335. The van der Waals surface area contributed by atoms with E-state index in [2.05, 4.69) is 20.1 Å². The fraction of sp³-hybridized carbons (Fsp3) is 0.435. The zero-order chi connectivity index (χ0) is 27.0. The van der Waals surface area contributed by atoms with Crippen LogP contribution in [0.2, 0.25) is 0 Å². The van der Waals surface area contributed by atoms with Gasteiger partial charge in [-0.05, 0) is 54.6 Å². The predicted molar refractivity (Wildman–Crippen MR) is 125 cm³/mol. The molecule has 0 spiro atoms. The third-order valence-corrected chi connectivity index (χ3v) is 6.06. The smallest absolute Gasteiger partial charge is 0.479 e. The number of alkyl halides is 3. The predicted octanol–water partition coefficient (Wildman–Crippen LogP) is 2.57. The van der Waals surface area contributed by atoms with Crippen LogP contribution in [0.15, 0.2) is 42.5 Å². The molecule has 3 aromatic rings. The van der Waals surface area contributed by atoms with Crippen molar-refractivity contribution < 1.29 is 37.2 Å². The Morgan fingerprint density at radius 3 is 2.43 bits per heavy atom. The molecule has 0 fully saturated rings. The number of halogens is 3. The molecule has 0 unspecified atom stereocenters. The summed E-state index contributed by atoms with van der Waals surface area (Å²) >= 11 is 0. The van der Waals surface area contributed by atoms with Gasteiger partial charge < -0.3 is 34.7 Å². The van der Waals surface area contributed by atoms with Gasteiger partial charge in [0.15, 0.2) is 17.7 Å².